The number of hydrogen-bond donors (Lipinski definition) is 0. The highest BCUT2D eigenvalue weighted by molar-refractivity contribution is 9.09. The zero-order valence-corrected chi connectivity index (χ0v) is 11.4. The van der Waals surface area contributed by atoms with Crippen molar-refractivity contribution in [1.29, 1.82) is 0 Å². The van der Waals surface area contributed by atoms with Gasteiger partial charge >= 0.3 is 0 Å². The van der Waals surface area contributed by atoms with Gasteiger partial charge in [0.1, 0.15) is 12.1 Å². The van der Waals surface area contributed by atoms with Crippen LogP contribution in [0, 0.1) is 5.82 Å². The van der Waals surface area contributed by atoms with Crippen molar-refractivity contribution in [3.8, 4) is 5.88 Å². The molecule has 5 heteroatoms. The van der Waals surface area contributed by atoms with Gasteiger partial charge in [-0.05, 0) is 17.7 Å². The molecule has 0 amide bonds. The molecular weight excluding hydrogens is 299 g/mol. The molecule has 94 valence electrons. The highest BCUT2D eigenvalue weighted by Crippen LogP contribution is 2.27. The van der Waals surface area contributed by atoms with E-state index in [9.17, 15) is 4.39 Å². The monoisotopic (exact) mass is 310 g/mol. The Morgan fingerprint density at radius 2 is 2.00 bits per heavy atom. The van der Waals surface area contributed by atoms with Gasteiger partial charge in [-0.1, -0.05) is 28.1 Å². The zero-order chi connectivity index (χ0) is 13.0. The van der Waals surface area contributed by atoms with Crippen molar-refractivity contribution in [3.05, 3.63) is 53.7 Å². The molecule has 0 aliphatic rings. The Balaban J connectivity index is 2.10. The second-order valence-corrected chi connectivity index (χ2v) is 4.88. The van der Waals surface area contributed by atoms with Crippen LogP contribution in [0.2, 0.25) is 0 Å². The average Bonchev–Trinajstić information content (AvgIpc) is 2.39. The lowest BCUT2D eigenvalue weighted by Gasteiger charge is -2.10. The van der Waals surface area contributed by atoms with E-state index in [0.717, 1.165) is 11.3 Å². The minimum Gasteiger partial charge on any atom is -0.481 e. The van der Waals surface area contributed by atoms with E-state index in [4.69, 9.17) is 4.74 Å². The molecule has 0 N–H and O–H groups in total. The zero-order valence-electron chi connectivity index (χ0n) is 9.81. The first kappa shape index (κ1) is 13.0. The maximum Gasteiger partial charge on any atom is 0.216 e. The van der Waals surface area contributed by atoms with E-state index >= 15 is 0 Å². The number of ether oxygens (including phenoxy) is 1. The molecule has 0 aliphatic carbocycles. The summed E-state index contributed by atoms with van der Waals surface area (Å²) in [4.78, 5) is 8.21. The van der Waals surface area contributed by atoms with Crippen molar-refractivity contribution in [1.82, 2.24) is 9.97 Å². The van der Waals surface area contributed by atoms with E-state index in [1.165, 1.54) is 18.5 Å². The van der Waals surface area contributed by atoms with Gasteiger partial charge in [-0.15, -0.1) is 0 Å². The summed E-state index contributed by atoms with van der Waals surface area (Å²) in [6, 6.07) is 8.20. The SMILES string of the molecule is COc1cc(CC(Br)c2ccc(F)cc2)ncn1. The number of aromatic nitrogens is 2. The summed E-state index contributed by atoms with van der Waals surface area (Å²) in [6.45, 7) is 0. The first-order valence-corrected chi connectivity index (χ1v) is 6.35. The van der Waals surface area contributed by atoms with Crippen molar-refractivity contribution in [2.75, 3.05) is 7.11 Å². The van der Waals surface area contributed by atoms with Crippen LogP contribution in [-0.4, -0.2) is 17.1 Å². The molecule has 0 bridgehead atoms. The third-order valence-electron chi connectivity index (χ3n) is 2.53. The number of hydrogen-bond acceptors (Lipinski definition) is 3. The van der Waals surface area contributed by atoms with Gasteiger partial charge < -0.3 is 4.74 Å². The molecule has 0 saturated heterocycles. The Kier molecular flexibility index (Phi) is 4.25. The number of methoxy groups -OCH3 is 1. The summed E-state index contributed by atoms with van der Waals surface area (Å²) in [7, 11) is 1.57. The quantitative estimate of drug-likeness (QED) is 0.813. The van der Waals surface area contributed by atoms with Gasteiger partial charge in [0.15, 0.2) is 0 Å². The Morgan fingerprint density at radius 1 is 1.28 bits per heavy atom. The molecule has 1 atom stereocenters. The number of nitrogens with zero attached hydrogens (tertiary/aromatic N) is 2. The van der Waals surface area contributed by atoms with Gasteiger partial charge in [0, 0.05) is 23.0 Å². The van der Waals surface area contributed by atoms with E-state index in [2.05, 4.69) is 25.9 Å². The highest BCUT2D eigenvalue weighted by Gasteiger charge is 2.10. The lowest BCUT2D eigenvalue weighted by Crippen LogP contribution is -1.99. The van der Waals surface area contributed by atoms with Crippen LogP contribution in [0.5, 0.6) is 5.88 Å². The van der Waals surface area contributed by atoms with Crippen LogP contribution >= 0.6 is 15.9 Å². The van der Waals surface area contributed by atoms with Gasteiger partial charge in [0.2, 0.25) is 5.88 Å². The van der Waals surface area contributed by atoms with Gasteiger partial charge in [-0.3, -0.25) is 0 Å². The minimum absolute atomic E-state index is 0.0812. The molecule has 0 aliphatic heterocycles. The van der Waals surface area contributed by atoms with Crippen LogP contribution in [0.4, 0.5) is 4.39 Å². The first-order chi connectivity index (χ1) is 8.69. The predicted octanol–water partition coefficient (Wildman–Crippen LogP) is 3.30. The van der Waals surface area contributed by atoms with Crippen LogP contribution in [-0.2, 0) is 6.42 Å². The Labute approximate surface area is 113 Å². The Morgan fingerprint density at radius 3 is 2.67 bits per heavy atom. The van der Waals surface area contributed by atoms with E-state index in [1.54, 1.807) is 25.3 Å². The molecule has 1 aromatic carbocycles. The first-order valence-electron chi connectivity index (χ1n) is 5.43. The fourth-order valence-corrected chi connectivity index (χ4v) is 2.21. The topological polar surface area (TPSA) is 35.0 Å². The molecular formula is C13H12BrFN2O. The molecule has 1 heterocycles. The predicted molar refractivity (Wildman–Crippen MR) is 70.4 cm³/mol. The van der Waals surface area contributed by atoms with E-state index in [0.29, 0.717) is 12.3 Å². The number of alkyl halides is 1. The van der Waals surface area contributed by atoms with Crippen molar-refractivity contribution >= 4 is 15.9 Å². The van der Waals surface area contributed by atoms with Gasteiger partial charge in [-0.2, -0.15) is 0 Å². The van der Waals surface area contributed by atoms with Gasteiger partial charge in [0.25, 0.3) is 0 Å². The largest absolute Gasteiger partial charge is 0.481 e. The number of halogens is 2. The Bertz CT molecular complexity index is 519. The van der Waals surface area contributed by atoms with E-state index in [-0.39, 0.29) is 10.6 Å². The van der Waals surface area contributed by atoms with Gasteiger partial charge in [-0.25, -0.2) is 14.4 Å². The molecule has 0 fully saturated rings. The molecule has 3 nitrogen and oxygen atoms in total. The van der Waals surface area contributed by atoms with E-state index < -0.39 is 0 Å². The molecule has 0 spiro atoms. The summed E-state index contributed by atoms with van der Waals surface area (Å²) in [5, 5.41) is 0. The normalized spacial score (nSPS) is 12.2. The van der Waals surface area contributed by atoms with Gasteiger partial charge in [0.05, 0.1) is 7.11 Å². The smallest absolute Gasteiger partial charge is 0.216 e. The summed E-state index contributed by atoms with van der Waals surface area (Å²) >= 11 is 3.57. The van der Waals surface area contributed by atoms with E-state index in [1.807, 2.05) is 0 Å². The van der Waals surface area contributed by atoms with Crippen molar-refractivity contribution in [3.63, 3.8) is 0 Å². The van der Waals surface area contributed by atoms with Crippen LogP contribution < -0.4 is 4.74 Å². The van der Waals surface area contributed by atoms with Crippen LogP contribution in [0.1, 0.15) is 16.1 Å². The average molecular weight is 311 g/mol. The molecule has 1 aromatic heterocycles. The molecule has 1 unspecified atom stereocenters. The standard InChI is InChI=1S/C13H12BrFN2O/c1-18-13-7-11(16-8-17-13)6-12(14)9-2-4-10(15)5-3-9/h2-5,7-8,12H,6H2,1H3. The van der Waals surface area contributed by atoms with Crippen LogP contribution in [0.3, 0.4) is 0 Å². The van der Waals surface area contributed by atoms with Crippen LogP contribution in [0.15, 0.2) is 36.7 Å². The maximum absolute atomic E-state index is 12.8. The number of rotatable bonds is 4. The molecule has 18 heavy (non-hydrogen) atoms. The molecule has 2 rings (SSSR count). The second kappa shape index (κ2) is 5.91. The Hall–Kier alpha value is -1.49. The van der Waals surface area contributed by atoms with Crippen LogP contribution in [0.25, 0.3) is 0 Å². The fourth-order valence-electron chi connectivity index (χ4n) is 1.57. The third kappa shape index (κ3) is 3.26. The summed E-state index contributed by atoms with van der Waals surface area (Å²) in [6.07, 6.45) is 2.16. The molecule has 0 saturated carbocycles. The second-order valence-electron chi connectivity index (χ2n) is 3.77. The number of benzene rings is 1. The minimum atomic E-state index is -0.234. The summed E-state index contributed by atoms with van der Waals surface area (Å²) in [5.74, 6) is 0.306. The third-order valence-corrected chi connectivity index (χ3v) is 3.38. The maximum atomic E-state index is 12.8. The highest BCUT2D eigenvalue weighted by atomic mass is 79.9. The lowest BCUT2D eigenvalue weighted by molar-refractivity contribution is 0.396. The molecule has 0 radical (unpaired) electrons. The fraction of sp³-hybridized carbons (Fsp3) is 0.231. The summed E-state index contributed by atoms with van der Waals surface area (Å²) in [5.41, 5.74) is 1.88. The summed E-state index contributed by atoms with van der Waals surface area (Å²) < 4.78 is 17.9. The molecule has 2 aromatic rings. The van der Waals surface area contributed by atoms with Crippen molar-refractivity contribution in [2.24, 2.45) is 0 Å². The lowest BCUT2D eigenvalue weighted by atomic mass is 10.1. The van der Waals surface area contributed by atoms with Crippen molar-refractivity contribution < 1.29 is 9.13 Å². The van der Waals surface area contributed by atoms with Crippen molar-refractivity contribution in [2.45, 2.75) is 11.2 Å².